The van der Waals surface area contributed by atoms with Crippen LogP contribution in [0.1, 0.15) is 30.1 Å². The predicted molar refractivity (Wildman–Crippen MR) is 122 cm³/mol. The number of amides is 1. The Morgan fingerprint density at radius 2 is 2.06 bits per heavy atom. The average molecular weight is 418 g/mol. The Kier molecular flexibility index (Phi) is 4.70. The van der Waals surface area contributed by atoms with Gasteiger partial charge in [0.1, 0.15) is 11.3 Å². The van der Waals surface area contributed by atoms with E-state index in [1.54, 1.807) is 17.0 Å². The molecule has 3 N–H and O–H groups in total. The lowest BCUT2D eigenvalue weighted by Crippen LogP contribution is -2.45. The van der Waals surface area contributed by atoms with Crippen molar-refractivity contribution in [2.24, 2.45) is 12.8 Å². The molecule has 1 aliphatic rings. The monoisotopic (exact) mass is 417 g/mol. The SMILES string of the molecule is CCn1c(-c2nc3cc(C(=O)N4CCCC(N)C4)cc(O)c3n2C)cc2ccccc21. The van der Waals surface area contributed by atoms with Crippen molar-refractivity contribution in [2.75, 3.05) is 13.1 Å². The highest BCUT2D eigenvalue weighted by molar-refractivity contribution is 6.00. The highest BCUT2D eigenvalue weighted by atomic mass is 16.3. The van der Waals surface area contributed by atoms with Crippen LogP contribution in [0.25, 0.3) is 33.5 Å². The first-order chi connectivity index (χ1) is 15.0. The van der Waals surface area contributed by atoms with Crippen LogP contribution in [0.3, 0.4) is 0 Å². The number of hydrogen-bond donors (Lipinski definition) is 2. The first-order valence-electron chi connectivity index (χ1n) is 10.8. The number of carbonyl (C=O) groups is 1. The molecule has 5 rings (SSSR count). The van der Waals surface area contributed by atoms with Crippen molar-refractivity contribution in [1.82, 2.24) is 19.0 Å². The lowest BCUT2D eigenvalue weighted by molar-refractivity contribution is 0.0708. The Morgan fingerprint density at radius 1 is 1.26 bits per heavy atom. The summed E-state index contributed by atoms with van der Waals surface area (Å²) in [7, 11) is 1.90. The molecular weight excluding hydrogens is 390 g/mol. The Bertz CT molecular complexity index is 1300. The quantitative estimate of drug-likeness (QED) is 0.534. The number of aromatic nitrogens is 3. The second-order valence-corrected chi connectivity index (χ2v) is 8.34. The number of carbonyl (C=O) groups excluding carboxylic acids is 1. The van der Waals surface area contributed by atoms with E-state index >= 15 is 0 Å². The molecule has 1 atom stereocenters. The van der Waals surface area contributed by atoms with Gasteiger partial charge in [-0.3, -0.25) is 4.79 Å². The molecule has 0 radical (unpaired) electrons. The van der Waals surface area contributed by atoms with Gasteiger partial charge in [-0.1, -0.05) is 18.2 Å². The van der Waals surface area contributed by atoms with Gasteiger partial charge in [0.2, 0.25) is 0 Å². The Morgan fingerprint density at radius 3 is 2.84 bits per heavy atom. The summed E-state index contributed by atoms with van der Waals surface area (Å²) in [5, 5.41) is 11.9. The predicted octanol–water partition coefficient (Wildman–Crippen LogP) is 3.48. The van der Waals surface area contributed by atoms with Crippen molar-refractivity contribution in [1.29, 1.82) is 0 Å². The summed E-state index contributed by atoms with van der Waals surface area (Å²) in [5.41, 5.74) is 9.85. The van der Waals surface area contributed by atoms with Gasteiger partial charge in [-0.25, -0.2) is 4.98 Å². The number of aromatic hydroxyl groups is 1. The van der Waals surface area contributed by atoms with Crippen molar-refractivity contribution < 1.29 is 9.90 Å². The molecule has 1 amide bonds. The topological polar surface area (TPSA) is 89.3 Å². The molecule has 31 heavy (non-hydrogen) atoms. The minimum atomic E-state index is -0.109. The molecule has 160 valence electrons. The number of para-hydroxylation sites is 1. The molecule has 2 aromatic carbocycles. The van der Waals surface area contributed by atoms with Crippen molar-refractivity contribution in [3.63, 3.8) is 0 Å². The number of phenolic OH excluding ortho intramolecular Hbond substituents is 1. The molecule has 1 saturated heterocycles. The molecule has 7 nitrogen and oxygen atoms in total. The largest absolute Gasteiger partial charge is 0.506 e. The van der Waals surface area contributed by atoms with E-state index in [1.807, 2.05) is 23.7 Å². The number of nitrogens with zero attached hydrogens (tertiary/aromatic N) is 4. The van der Waals surface area contributed by atoms with Gasteiger partial charge in [0.05, 0.1) is 11.2 Å². The van der Waals surface area contributed by atoms with E-state index < -0.39 is 0 Å². The highest BCUT2D eigenvalue weighted by Gasteiger charge is 2.25. The molecule has 1 fully saturated rings. The molecule has 1 unspecified atom stereocenters. The van der Waals surface area contributed by atoms with Gasteiger partial charge < -0.3 is 24.9 Å². The summed E-state index contributed by atoms with van der Waals surface area (Å²) in [4.78, 5) is 19.6. The first-order valence-corrected chi connectivity index (χ1v) is 10.8. The standard InChI is InChI=1S/C24H27N5O2/c1-3-29-19-9-5-4-7-15(19)12-20(29)23-26-18-11-16(13-21(30)22(18)27(23)2)24(31)28-10-6-8-17(25)14-28/h4-5,7,9,11-13,17,30H,3,6,8,10,14,25H2,1-2H3. The fraction of sp³-hybridized carbons (Fsp3) is 0.333. The summed E-state index contributed by atoms with van der Waals surface area (Å²) in [6.45, 7) is 4.14. The molecule has 4 aromatic rings. The Balaban J connectivity index is 1.62. The van der Waals surface area contributed by atoms with Gasteiger partial charge in [0.25, 0.3) is 5.91 Å². The van der Waals surface area contributed by atoms with Crippen LogP contribution in [0.2, 0.25) is 0 Å². The minimum Gasteiger partial charge on any atom is -0.506 e. The van der Waals surface area contributed by atoms with E-state index in [4.69, 9.17) is 10.7 Å². The molecule has 0 bridgehead atoms. The van der Waals surface area contributed by atoms with Crippen LogP contribution in [0, 0.1) is 0 Å². The number of aryl methyl sites for hydroxylation is 2. The number of phenols is 1. The molecule has 0 spiro atoms. The minimum absolute atomic E-state index is 0.00689. The van der Waals surface area contributed by atoms with Crippen LogP contribution in [-0.4, -0.2) is 49.2 Å². The van der Waals surface area contributed by atoms with Gasteiger partial charge in [-0.2, -0.15) is 0 Å². The number of rotatable bonds is 3. The summed E-state index contributed by atoms with van der Waals surface area (Å²) in [6.07, 6.45) is 1.83. The van der Waals surface area contributed by atoms with Crippen molar-refractivity contribution in [2.45, 2.75) is 32.4 Å². The molecule has 3 heterocycles. The third-order valence-corrected chi connectivity index (χ3v) is 6.30. The molecule has 7 heteroatoms. The van der Waals surface area contributed by atoms with Gasteiger partial charge in [0, 0.05) is 49.2 Å². The van der Waals surface area contributed by atoms with Crippen LogP contribution in [0.5, 0.6) is 5.75 Å². The summed E-state index contributed by atoms with van der Waals surface area (Å²) < 4.78 is 4.12. The highest BCUT2D eigenvalue weighted by Crippen LogP contribution is 2.34. The van der Waals surface area contributed by atoms with E-state index in [2.05, 4.69) is 29.7 Å². The Hall–Kier alpha value is -3.32. The maximum atomic E-state index is 13.0. The second kappa shape index (κ2) is 7.42. The summed E-state index contributed by atoms with van der Waals surface area (Å²) >= 11 is 0. The normalized spacial score (nSPS) is 17.0. The number of piperidine rings is 1. The molecular formula is C24H27N5O2. The van der Waals surface area contributed by atoms with E-state index in [9.17, 15) is 9.90 Å². The third-order valence-electron chi connectivity index (χ3n) is 6.30. The zero-order valence-corrected chi connectivity index (χ0v) is 17.9. The van der Waals surface area contributed by atoms with Crippen LogP contribution in [-0.2, 0) is 13.6 Å². The van der Waals surface area contributed by atoms with Crippen molar-refractivity contribution >= 4 is 27.8 Å². The first kappa shape index (κ1) is 19.6. The summed E-state index contributed by atoms with van der Waals surface area (Å²) in [6, 6.07) is 13.7. The molecule has 1 aliphatic heterocycles. The van der Waals surface area contributed by atoms with E-state index in [0.29, 0.717) is 29.7 Å². The number of likely N-dealkylation sites (tertiary alicyclic amines) is 1. The number of fused-ring (bicyclic) bond motifs is 2. The van der Waals surface area contributed by atoms with Gasteiger partial charge >= 0.3 is 0 Å². The molecule has 2 aromatic heterocycles. The summed E-state index contributed by atoms with van der Waals surface area (Å²) in [5.74, 6) is 0.706. The van der Waals surface area contributed by atoms with Crippen LogP contribution < -0.4 is 5.73 Å². The zero-order valence-electron chi connectivity index (χ0n) is 17.9. The number of hydrogen-bond acceptors (Lipinski definition) is 4. The van der Waals surface area contributed by atoms with Crippen molar-refractivity contribution in [3.8, 4) is 17.3 Å². The van der Waals surface area contributed by atoms with Gasteiger partial charge in [-0.05, 0) is 44.0 Å². The van der Waals surface area contributed by atoms with Gasteiger partial charge in [0.15, 0.2) is 5.82 Å². The van der Waals surface area contributed by atoms with Crippen LogP contribution in [0.4, 0.5) is 0 Å². The van der Waals surface area contributed by atoms with E-state index in [1.165, 1.54) is 0 Å². The fourth-order valence-corrected chi connectivity index (χ4v) is 4.79. The lowest BCUT2D eigenvalue weighted by atomic mass is 10.0. The lowest BCUT2D eigenvalue weighted by Gasteiger charge is -2.30. The van der Waals surface area contributed by atoms with E-state index in [-0.39, 0.29) is 17.7 Å². The molecule has 0 aliphatic carbocycles. The Labute approximate surface area is 180 Å². The maximum Gasteiger partial charge on any atom is 0.254 e. The van der Waals surface area contributed by atoms with Crippen LogP contribution >= 0.6 is 0 Å². The smallest absolute Gasteiger partial charge is 0.254 e. The average Bonchev–Trinajstić information content (AvgIpc) is 3.30. The van der Waals surface area contributed by atoms with Gasteiger partial charge in [-0.15, -0.1) is 0 Å². The zero-order chi connectivity index (χ0) is 21.7. The number of imidazole rings is 1. The molecule has 0 saturated carbocycles. The third kappa shape index (κ3) is 3.16. The maximum absolute atomic E-state index is 13.0. The second-order valence-electron chi connectivity index (χ2n) is 8.34. The number of benzene rings is 2. The van der Waals surface area contributed by atoms with Crippen molar-refractivity contribution in [3.05, 3.63) is 48.0 Å². The van der Waals surface area contributed by atoms with Crippen LogP contribution in [0.15, 0.2) is 42.5 Å². The number of nitrogens with two attached hydrogens (primary N) is 1. The van der Waals surface area contributed by atoms with E-state index in [0.717, 1.165) is 41.8 Å². The fourth-order valence-electron chi connectivity index (χ4n) is 4.79.